The van der Waals surface area contributed by atoms with Gasteiger partial charge in [0.05, 0.1) is 22.7 Å². The molecule has 6 heteroatoms. The molecule has 1 aliphatic heterocycles. The van der Waals surface area contributed by atoms with Gasteiger partial charge in [-0.05, 0) is 19.1 Å². The van der Waals surface area contributed by atoms with Crippen LogP contribution >= 0.6 is 11.3 Å². The summed E-state index contributed by atoms with van der Waals surface area (Å²) in [6, 6.07) is 7.75. The molecule has 1 aromatic carbocycles. The number of para-hydroxylation sites is 1. The first kappa shape index (κ1) is 13.1. The molecule has 1 fully saturated rings. The number of thiazole rings is 1. The summed E-state index contributed by atoms with van der Waals surface area (Å²) < 4.78 is 6.02. The van der Waals surface area contributed by atoms with Crippen LogP contribution in [0.15, 0.2) is 24.3 Å². The zero-order valence-electron chi connectivity index (χ0n) is 11.0. The van der Waals surface area contributed by atoms with Crippen LogP contribution in [0.25, 0.3) is 10.2 Å². The molecule has 0 unspecified atom stereocenters. The van der Waals surface area contributed by atoms with Gasteiger partial charge in [0.1, 0.15) is 0 Å². The van der Waals surface area contributed by atoms with E-state index in [1.165, 1.54) is 11.3 Å². The van der Waals surface area contributed by atoms with E-state index in [9.17, 15) is 9.59 Å². The lowest BCUT2D eigenvalue weighted by Crippen LogP contribution is -2.26. The van der Waals surface area contributed by atoms with Gasteiger partial charge in [-0.1, -0.05) is 23.5 Å². The van der Waals surface area contributed by atoms with Gasteiger partial charge >= 0.3 is 5.97 Å². The van der Waals surface area contributed by atoms with E-state index in [2.05, 4.69) is 4.98 Å². The zero-order chi connectivity index (χ0) is 14.1. The summed E-state index contributed by atoms with van der Waals surface area (Å²) in [5.74, 6) is -0.749. The second-order valence-electron chi connectivity index (χ2n) is 4.62. The Bertz CT molecular complexity index is 634. The van der Waals surface area contributed by atoms with Gasteiger partial charge in [-0.25, -0.2) is 4.98 Å². The Labute approximate surface area is 120 Å². The molecule has 0 spiro atoms. The average molecular weight is 290 g/mol. The number of esters is 1. The Morgan fingerprint density at radius 2 is 2.30 bits per heavy atom. The Hall–Kier alpha value is -1.95. The van der Waals surface area contributed by atoms with Crippen LogP contribution in [0.1, 0.15) is 13.3 Å². The standard InChI is InChI=1S/C14H14N2O3S/c1-2-19-13(18)9-7-12(17)16(8-9)14-15-10-5-3-4-6-11(10)20-14/h3-6,9H,2,7-8H2,1H3/t9-/m1/s1. The fraction of sp³-hybridized carbons (Fsp3) is 0.357. The predicted molar refractivity (Wildman–Crippen MR) is 76.7 cm³/mol. The van der Waals surface area contributed by atoms with Crippen molar-refractivity contribution in [2.75, 3.05) is 18.1 Å². The van der Waals surface area contributed by atoms with Gasteiger partial charge in [-0.3, -0.25) is 14.5 Å². The maximum Gasteiger partial charge on any atom is 0.311 e. The van der Waals surface area contributed by atoms with Crippen molar-refractivity contribution in [2.24, 2.45) is 5.92 Å². The van der Waals surface area contributed by atoms with E-state index in [0.717, 1.165) is 10.2 Å². The van der Waals surface area contributed by atoms with E-state index in [-0.39, 0.29) is 24.2 Å². The summed E-state index contributed by atoms with van der Waals surface area (Å²) in [4.78, 5) is 29.8. The Morgan fingerprint density at radius 1 is 1.50 bits per heavy atom. The Balaban J connectivity index is 1.83. The number of carbonyl (C=O) groups excluding carboxylic acids is 2. The molecule has 0 aliphatic carbocycles. The highest BCUT2D eigenvalue weighted by Crippen LogP contribution is 2.32. The third-order valence-electron chi connectivity index (χ3n) is 3.26. The molecule has 2 aromatic rings. The second kappa shape index (κ2) is 5.20. The maximum absolute atomic E-state index is 12.1. The highest BCUT2D eigenvalue weighted by Gasteiger charge is 2.37. The normalized spacial score (nSPS) is 18.8. The summed E-state index contributed by atoms with van der Waals surface area (Å²) in [6.07, 6.45) is 0.203. The van der Waals surface area contributed by atoms with Crippen molar-refractivity contribution < 1.29 is 14.3 Å². The number of hydrogen-bond donors (Lipinski definition) is 0. The van der Waals surface area contributed by atoms with Crippen molar-refractivity contribution in [1.29, 1.82) is 0 Å². The highest BCUT2D eigenvalue weighted by molar-refractivity contribution is 7.22. The molecule has 1 atom stereocenters. The number of fused-ring (bicyclic) bond motifs is 1. The molecular weight excluding hydrogens is 276 g/mol. The van der Waals surface area contributed by atoms with E-state index in [1.54, 1.807) is 11.8 Å². The monoisotopic (exact) mass is 290 g/mol. The summed E-state index contributed by atoms with van der Waals surface area (Å²) >= 11 is 1.47. The van der Waals surface area contributed by atoms with Crippen LogP contribution in [0.3, 0.4) is 0 Å². The third kappa shape index (κ3) is 2.27. The van der Waals surface area contributed by atoms with E-state index >= 15 is 0 Å². The van der Waals surface area contributed by atoms with Crippen LogP contribution in [-0.4, -0.2) is 30.0 Å². The number of benzene rings is 1. The number of anilines is 1. The van der Waals surface area contributed by atoms with Crippen LogP contribution < -0.4 is 4.90 Å². The van der Waals surface area contributed by atoms with E-state index in [0.29, 0.717) is 18.3 Å². The molecular formula is C14H14N2O3S. The number of nitrogens with zero attached hydrogens (tertiary/aromatic N) is 2. The molecule has 20 heavy (non-hydrogen) atoms. The molecule has 2 heterocycles. The van der Waals surface area contributed by atoms with E-state index < -0.39 is 0 Å². The second-order valence-corrected chi connectivity index (χ2v) is 5.63. The molecule has 3 rings (SSSR count). The number of ether oxygens (including phenoxy) is 1. The first-order chi connectivity index (χ1) is 9.69. The smallest absolute Gasteiger partial charge is 0.311 e. The molecule has 104 valence electrons. The van der Waals surface area contributed by atoms with Crippen LogP contribution in [0.4, 0.5) is 5.13 Å². The minimum atomic E-state index is -0.380. The summed E-state index contributed by atoms with van der Waals surface area (Å²) in [5, 5.41) is 0.656. The van der Waals surface area contributed by atoms with Gasteiger partial charge in [-0.15, -0.1) is 0 Å². The van der Waals surface area contributed by atoms with Crippen LogP contribution in [0.5, 0.6) is 0 Å². The lowest BCUT2D eigenvalue weighted by atomic mass is 10.1. The molecule has 0 bridgehead atoms. The van der Waals surface area contributed by atoms with Crippen molar-refractivity contribution in [2.45, 2.75) is 13.3 Å². The van der Waals surface area contributed by atoms with Crippen LogP contribution in [0.2, 0.25) is 0 Å². The molecule has 0 radical (unpaired) electrons. The van der Waals surface area contributed by atoms with Crippen molar-refractivity contribution in [3.05, 3.63) is 24.3 Å². The van der Waals surface area contributed by atoms with Gasteiger partial charge in [-0.2, -0.15) is 0 Å². The van der Waals surface area contributed by atoms with E-state index in [4.69, 9.17) is 4.74 Å². The van der Waals surface area contributed by atoms with Crippen molar-refractivity contribution in [3.8, 4) is 0 Å². The SMILES string of the molecule is CCOC(=O)[C@@H]1CC(=O)N(c2nc3ccccc3s2)C1. The molecule has 1 aliphatic rings. The number of aromatic nitrogens is 1. The maximum atomic E-state index is 12.1. The third-order valence-corrected chi connectivity index (χ3v) is 4.32. The molecule has 1 saturated heterocycles. The largest absolute Gasteiger partial charge is 0.466 e. The quantitative estimate of drug-likeness (QED) is 0.813. The molecule has 0 N–H and O–H groups in total. The topological polar surface area (TPSA) is 59.5 Å². The first-order valence-electron chi connectivity index (χ1n) is 6.51. The molecule has 5 nitrogen and oxygen atoms in total. The summed E-state index contributed by atoms with van der Waals surface area (Å²) in [5.41, 5.74) is 0.875. The fourth-order valence-corrected chi connectivity index (χ4v) is 3.28. The van der Waals surface area contributed by atoms with Crippen molar-refractivity contribution in [1.82, 2.24) is 4.98 Å². The minimum absolute atomic E-state index is 0.0675. The molecule has 1 amide bonds. The fourth-order valence-electron chi connectivity index (χ4n) is 2.29. The minimum Gasteiger partial charge on any atom is -0.466 e. The van der Waals surface area contributed by atoms with Crippen molar-refractivity contribution in [3.63, 3.8) is 0 Å². The zero-order valence-corrected chi connectivity index (χ0v) is 11.9. The Kier molecular flexibility index (Phi) is 3.40. The lowest BCUT2D eigenvalue weighted by Gasteiger charge is -2.12. The summed E-state index contributed by atoms with van der Waals surface area (Å²) in [7, 11) is 0. The van der Waals surface area contributed by atoms with Gasteiger partial charge in [0.25, 0.3) is 0 Å². The van der Waals surface area contributed by atoms with E-state index in [1.807, 2.05) is 24.3 Å². The van der Waals surface area contributed by atoms with Gasteiger partial charge in [0.15, 0.2) is 5.13 Å². The lowest BCUT2D eigenvalue weighted by molar-refractivity contribution is -0.147. The van der Waals surface area contributed by atoms with Crippen LogP contribution in [-0.2, 0) is 14.3 Å². The summed E-state index contributed by atoms with van der Waals surface area (Å²) in [6.45, 7) is 2.46. The number of carbonyl (C=O) groups is 2. The number of hydrogen-bond acceptors (Lipinski definition) is 5. The Morgan fingerprint density at radius 3 is 3.05 bits per heavy atom. The predicted octanol–water partition coefficient (Wildman–Crippen LogP) is 2.21. The van der Waals surface area contributed by atoms with Gasteiger partial charge < -0.3 is 4.74 Å². The first-order valence-corrected chi connectivity index (χ1v) is 7.33. The highest BCUT2D eigenvalue weighted by atomic mass is 32.1. The molecule has 0 saturated carbocycles. The molecule has 1 aromatic heterocycles. The average Bonchev–Trinajstić information content (AvgIpc) is 3.01. The van der Waals surface area contributed by atoms with Crippen molar-refractivity contribution >= 4 is 38.6 Å². The van der Waals surface area contributed by atoms with Crippen LogP contribution in [0, 0.1) is 5.92 Å². The number of rotatable bonds is 3. The van der Waals surface area contributed by atoms with Gasteiger partial charge in [0, 0.05) is 13.0 Å². The number of amides is 1. The van der Waals surface area contributed by atoms with Gasteiger partial charge in [0.2, 0.25) is 5.91 Å².